The van der Waals surface area contributed by atoms with Crippen LogP contribution in [0.4, 0.5) is 0 Å². The van der Waals surface area contributed by atoms with Gasteiger partial charge in [0.15, 0.2) is 0 Å². The van der Waals surface area contributed by atoms with Crippen molar-refractivity contribution in [3.05, 3.63) is 33.4 Å². The van der Waals surface area contributed by atoms with Crippen LogP contribution in [0.25, 0.3) is 0 Å². The van der Waals surface area contributed by atoms with Gasteiger partial charge in [0, 0.05) is 29.7 Å². The molecule has 0 spiro atoms. The Morgan fingerprint density at radius 1 is 1.05 bits per heavy atom. The van der Waals surface area contributed by atoms with E-state index in [1.807, 2.05) is 31.2 Å². The van der Waals surface area contributed by atoms with Gasteiger partial charge in [-0.3, -0.25) is 9.59 Å². The number of hydrogen-bond donors (Lipinski definition) is 0. The van der Waals surface area contributed by atoms with Gasteiger partial charge in [-0.2, -0.15) is 0 Å². The molecule has 2 amide bonds. The fraction of sp³-hybridized carbons (Fsp3) is 0.429. The van der Waals surface area contributed by atoms with Crippen LogP contribution < -0.4 is 0 Å². The SMILES string of the molecule is CCCN1CCN(Cc2ccc(I)cc2)C(=O)C1=O. The summed E-state index contributed by atoms with van der Waals surface area (Å²) >= 11 is 2.25. The highest BCUT2D eigenvalue weighted by molar-refractivity contribution is 14.1. The summed E-state index contributed by atoms with van der Waals surface area (Å²) in [5.41, 5.74) is 1.06. The fourth-order valence-electron chi connectivity index (χ4n) is 2.16. The number of rotatable bonds is 4. The van der Waals surface area contributed by atoms with E-state index in [9.17, 15) is 9.59 Å². The van der Waals surface area contributed by atoms with Crippen molar-refractivity contribution in [2.45, 2.75) is 19.9 Å². The zero-order valence-corrected chi connectivity index (χ0v) is 13.1. The van der Waals surface area contributed by atoms with Crippen molar-refractivity contribution in [3.8, 4) is 0 Å². The molecule has 1 heterocycles. The number of nitrogens with zero attached hydrogens (tertiary/aromatic N) is 2. The highest BCUT2D eigenvalue weighted by atomic mass is 127. The Kier molecular flexibility index (Phi) is 4.79. The Morgan fingerprint density at radius 2 is 1.63 bits per heavy atom. The summed E-state index contributed by atoms with van der Waals surface area (Å²) in [6, 6.07) is 8.01. The highest BCUT2D eigenvalue weighted by Gasteiger charge is 2.31. The lowest BCUT2D eigenvalue weighted by molar-refractivity contribution is -0.156. The van der Waals surface area contributed by atoms with Crippen molar-refractivity contribution in [3.63, 3.8) is 0 Å². The molecule has 0 N–H and O–H groups in total. The molecule has 5 heteroatoms. The molecule has 0 bridgehead atoms. The van der Waals surface area contributed by atoms with Gasteiger partial charge >= 0.3 is 11.8 Å². The average Bonchev–Trinajstić information content (AvgIpc) is 2.41. The summed E-state index contributed by atoms with van der Waals surface area (Å²) in [6.45, 7) is 4.46. The smallest absolute Gasteiger partial charge is 0.312 e. The molecule has 19 heavy (non-hydrogen) atoms. The molecule has 0 aromatic heterocycles. The first-order valence-electron chi connectivity index (χ1n) is 6.44. The molecule has 1 aromatic carbocycles. The van der Waals surface area contributed by atoms with Crippen LogP contribution in [-0.2, 0) is 16.1 Å². The second-order valence-electron chi connectivity index (χ2n) is 4.65. The maximum atomic E-state index is 12.0. The second kappa shape index (κ2) is 6.36. The first-order valence-corrected chi connectivity index (χ1v) is 7.52. The molecule has 1 aliphatic heterocycles. The number of amides is 2. The first-order chi connectivity index (χ1) is 9.11. The van der Waals surface area contributed by atoms with Crippen molar-refractivity contribution < 1.29 is 9.59 Å². The Bertz CT molecular complexity index is 473. The van der Waals surface area contributed by atoms with E-state index in [4.69, 9.17) is 0 Å². The van der Waals surface area contributed by atoms with Crippen molar-refractivity contribution >= 4 is 34.4 Å². The van der Waals surface area contributed by atoms with Gasteiger partial charge in [0.2, 0.25) is 0 Å². The minimum absolute atomic E-state index is 0.362. The predicted molar refractivity (Wildman–Crippen MR) is 81.4 cm³/mol. The van der Waals surface area contributed by atoms with Gasteiger partial charge < -0.3 is 9.80 Å². The van der Waals surface area contributed by atoms with Gasteiger partial charge in [0.05, 0.1) is 0 Å². The maximum absolute atomic E-state index is 12.0. The molecule has 0 unspecified atom stereocenters. The van der Waals surface area contributed by atoms with E-state index in [1.54, 1.807) is 9.80 Å². The van der Waals surface area contributed by atoms with E-state index < -0.39 is 0 Å². The third-order valence-electron chi connectivity index (χ3n) is 3.18. The third kappa shape index (κ3) is 3.46. The van der Waals surface area contributed by atoms with Crippen LogP contribution in [0.15, 0.2) is 24.3 Å². The van der Waals surface area contributed by atoms with Crippen LogP contribution in [-0.4, -0.2) is 41.2 Å². The number of halogens is 1. The summed E-state index contributed by atoms with van der Waals surface area (Å²) in [7, 11) is 0. The molecular formula is C14H17IN2O2. The summed E-state index contributed by atoms with van der Waals surface area (Å²) < 4.78 is 1.16. The van der Waals surface area contributed by atoms with Crippen molar-refractivity contribution in [2.24, 2.45) is 0 Å². The minimum Gasteiger partial charge on any atom is -0.333 e. The lowest BCUT2D eigenvalue weighted by atomic mass is 10.2. The summed E-state index contributed by atoms with van der Waals surface area (Å²) in [5, 5.41) is 0. The van der Waals surface area contributed by atoms with E-state index in [0.29, 0.717) is 26.2 Å². The number of benzene rings is 1. The third-order valence-corrected chi connectivity index (χ3v) is 3.90. The number of piperazine rings is 1. The number of carbonyl (C=O) groups is 2. The molecule has 0 radical (unpaired) electrons. The molecule has 1 aliphatic rings. The Labute approximate surface area is 126 Å². The molecule has 1 fully saturated rings. The molecule has 1 aromatic rings. The number of hydrogen-bond acceptors (Lipinski definition) is 2. The van der Waals surface area contributed by atoms with E-state index >= 15 is 0 Å². The zero-order chi connectivity index (χ0) is 13.8. The molecule has 0 saturated carbocycles. The Balaban J connectivity index is 2.01. The minimum atomic E-state index is -0.377. The lowest BCUT2D eigenvalue weighted by Crippen LogP contribution is -2.53. The Hall–Kier alpha value is -1.11. The molecule has 0 aliphatic carbocycles. The van der Waals surface area contributed by atoms with E-state index in [1.165, 1.54) is 0 Å². The monoisotopic (exact) mass is 372 g/mol. The van der Waals surface area contributed by atoms with Crippen LogP contribution in [0.3, 0.4) is 0 Å². The number of carbonyl (C=O) groups excluding carboxylic acids is 2. The van der Waals surface area contributed by atoms with Gasteiger partial charge in [-0.15, -0.1) is 0 Å². The van der Waals surface area contributed by atoms with Crippen LogP contribution in [0.5, 0.6) is 0 Å². The van der Waals surface area contributed by atoms with Gasteiger partial charge in [0.25, 0.3) is 0 Å². The van der Waals surface area contributed by atoms with E-state index in [2.05, 4.69) is 22.6 Å². The van der Waals surface area contributed by atoms with Crippen molar-refractivity contribution in [1.29, 1.82) is 0 Å². The maximum Gasteiger partial charge on any atom is 0.312 e. The van der Waals surface area contributed by atoms with Crippen molar-refractivity contribution in [2.75, 3.05) is 19.6 Å². The summed E-state index contributed by atoms with van der Waals surface area (Å²) in [5.74, 6) is -0.739. The lowest BCUT2D eigenvalue weighted by Gasteiger charge is -2.33. The molecule has 1 saturated heterocycles. The molecule has 2 rings (SSSR count). The van der Waals surface area contributed by atoms with E-state index in [-0.39, 0.29) is 11.8 Å². The fourth-order valence-corrected chi connectivity index (χ4v) is 2.52. The molecule has 4 nitrogen and oxygen atoms in total. The molecular weight excluding hydrogens is 355 g/mol. The normalized spacial score (nSPS) is 16.1. The van der Waals surface area contributed by atoms with E-state index in [0.717, 1.165) is 15.6 Å². The largest absolute Gasteiger partial charge is 0.333 e. The predicted octanol–water partition coefficient (Wildman–Crippen LogP) is 1.87. The molecule has 102 valence electrons. The molecule has 0 atom stereocenters. The van der Waals surface area contributed by atoms with Crippen molar-refractivity contribution in [1.82, 2.24) is 9.80 Å². The standard InChI is InChI=1S/C14H17IN2O2/c1-2-7-16-8-9-17(14(19)13(16)18)10-11-3-5-12(15)6-4-11/h3-6H,2,7-10H2,1H3. The first kappa shape index (κ1) is 14.3. The second-order valence-corrected chi connectivity index (χ2v) is 5.89. The highest BCUT2D eigenvalue weighted by Crippen LogP contribution is 2.12. The van der Waals surface area contributed by atoms with Gasteiger partial charge in [-0.25, -0.2) is 0 Å². The van der Waals surface area contributed by atoms with Crippen LogP contribution in [0, 0.1) is 3.57 Å². The average molecular weight is 372 g/mol. The quantitative estimate of drug-likeness (QED) is 0.598. The van der Waals surface area contributed by atoms with Crippen LogP contribution in [0.2, 0.25) is 0 Å². The summed E-state index contributed by atoms with van der Waals surface area (Å²) in [6.07, 6.45) is 0.885. The zero-order valence-electron chi connectivity index (χ0n) is 10.9. The van der Waals surface area contributed by atoms with Gasteiger partial charge in [-0.1, -0.05) is 19.1 Å². The van der Waals surface area contributed by atoms with Crippen LogP contribution in [0.1, 0.15) is 18.9 Å². The Morgan fingerprint density at radius 3 is 2.26 bits per heavy atom. The topological polar surface area (TPSA) is 40.6 Å². The van der Waals surface area contributed by atoms with Crippen LogP contribution >= 0.6 is 22.6 Å². The van der Waals surface area contributed by atoms with Gasteiger partial charge in [-0.05, 0) is 46.7 Å². The summed E-state index contributed by atoms with van der Waals surface area (Å²) in [4.78, 5) is 27.2. The van der Waals surface area contributed by atoms with Gasteiger partial charge in [0.1, 0.15) is 0 Å².